The van der Waals surface area contributed by atoms with Gasteiger partial charge in [-0.05, 0) is 36.6 Å². The van der Waals surface area contributed by atoms with Gasteiger partial charge in [0.05, 0.1) is 13.2 Å². The van der Waals surface area contributed by atoms with Gasteiger partial charge in [-0.15, -0.1) is 24.0 Å². The van der Waals surface area contributed by atoms with Gasteiger partial charge >= 0.3 is 0 Å². The Labute approximate surface area is 160 Å². The molecule has 130 valence electrons. The molecule has 0 saturated heterocycles. The summed E-state index contributed by atoms with van der Waals surface area (Å²) in [6, 6.07) is 12.0. The Bertz CT molecular complexity index is 674. The van der Waals surface area contributed by atoms with E-state index in [1.165, 1.54) is 5.56 Å². The smallest absolute Gasteiger partial charge is 0.218 e. The van der Waals surface area contributed by atoms with E-state index in [0.717, 1.165) is 11.3 Å². The molecular formula is C18H25IN4O. The summed E-state index contributed by atoms with van der Waals surface area (Å²) < 4.78 is 5.49. The van der Waals surface area contributed by atoms with Crippen LogP contribution in [0.1, 0.15) is 37.8 Å². The predicted molar refractivity (Wildman–Crippen MR) is 110 cm³/mol. The molecule has 0 bridgehead atoms. The first-order valence-electron chi connectivity index (χ1n) is 7.83. The van der Waals surface area contributed by atoms with Crippen molar-refractivity contribution in [2.24, 2.45) is 10.7 Å². The molecule has 2 rings (SSSR count). The Hall–Kier alpha value is -1.83. The standard InChI is InChI=1S/C18H24N4O.HI/c1-4-23-17-15(8-6-10-20-17)12-21-18(19)22-16-9-5-7-14(11-16)13(2)3;/h5-11,13H,4,12H2,1-3H3,(H3,19,21,22);1H. The number of nitrogens with one attached hydrogen (secondary N) is 1. The molecule has 2 aromatic rings. The zero-order valence-corrected chi connectivity index (χ0v) is 16.7. The summed E-state index contributed by atoms with van der Waals surface area (Å²) in [5, 5.41) is 3.13. The minimum absolute atomic E-state index is 0. The number of aromatic nitrogens is 1. The van der Waals surface area contributed by atoms with Crippen LogP contribution in [0.15, 0.2) is 47.6 Å². The number of ether oxygens (including phenoxy) is 1. The van der Waals surface area contributed by atoms with Gasteiger partial charge in [-0.1, -0.05) is 32.0 Å². The first-order chi connectivity index (χ1) is 11.1. The molecule has 0 aliphatic carbocycles. The number of halogens is 1. The minimum Gasteiger partial charge on any atom is -0.478 e. The third-order valence-corrected chi connectivity index (χ3v) is 3.38. The molecule has 1 aromatic heterocycles. The number of rotatable bonds is 6. The van der Waals surface area contributed by atoms with Gasteiger partial charge in [-0.25, -0.2) is 9.98 Å². The maximum Gasteiger partial charge on any atom is 0.218 e. The molecule has 1 aromatic carbocycles. The van der Waals surface area contributed by atoms with E-state index >= 15 is 0 Å². The number of benzene rings is 1. The lowest BCUT2D eigenvalue weighted by Crippen LogP contribution is -2.22. The van der Waals surface area contributed by atoms with Gasteiger partial charge in [0.15, 0.2) is 5.96 Å². The molecule has 0 aliphatic heterocycles. The molecule has 0 aliphatic rings. The van der Waals surface area contributed by atoms with Crippen LogP contribution < -0.4 is 15.8 Å². The first kappa shape index (κ1) is 20.2. The normalized spacial score (nSPS) is 11.1. The third-order valence-electron chi connectivity index (χ3n) is 3.38. The number of pyridine rings is 1. The van der Waals surface area contributed by atoms with E-state index in [4.69, 9.17) is 10.5 Å². The highest BCUT2D eigenvalue weighted by molar-refractivity contribution is 14.0. The second kappa shape index (κ2) is 10.1. The number of hydrogen-bond donors (Lipinski definition) is 2. The molecule has 0 atom stereocenters. The van der Waals surface area contributed by atoms with Crippen molar-refractivity contribution in [1.82, 2.24) is 4.98 Å². The average Bonchev–Trinajstić information content (AvgIpc) is 2.54. The topological polar surface area (TPSA) is 72.5 Å². The van der Waals surface area contributed by atoms with E-state index in [9.17, 15) is 0 Å². The minimum atomic E-state index is 0. The van der Waals surface area contributed by atoms with Crippen LogP contribution >= 0.6 is 24.0 Å². The van der Waals surface area contributed by atoms with Crippen molar-refractivity contribution in [1.29, 1.82) is 0 Å². The van der Waals surface area contributed by atoms with E-state index in [-0.39, 0.29) is 24.0 Å². The summed E-state index contributed by atoms with van der Waals surface area (Å²) in [7, 11) is 0. The number of nitrogens with two attached hydrogens (primary N) is 1. The van der Waals surface area contributed by atoms with Gasteiger partial charge in [0.25, 0.3) is 0 Å². The van der Waals surface area contributed by atoms with E-state index in [1.54, 1.807) is 6.20 Å². The van der Waals surface area contributed by atoms with Gasteiger partial charge < -0.3 is 15.8 Å². The molecular weight excluding hydrogens is 415 g/mol. The molecule has 0 amide bonds. The lowest BCUT2D eigenvalue weighted by atomic mass is 10.0. The molecule has 0 spiro atoms. The van der Waals surface area contributed by atoms with Crippen LogP contribution in [0.25, 0.3) is 0 Å². The second-order valence-corrected chi connectivity index (χ2v) is 5.51. The number of guanidine groups is 1. The Kier molecular flexibility index (Phi) is 8.53. The summed E-state index contributed by atoms with van der Waals surface area (Å²) in [6.45, 7) is 7.25. The fraction of sp³-hybridized carbons (Fsp3) is 0.333. The maximum atomic E-state index is 5.98. The number of nitrogens with zero attached hydrogens (tertiary/aromatic N) is 2. The summed E-state index contributed by atoms with van der Waals surface area (Å²) in [5.74, 6) is 1.45. The molecule has 6 heteroatoms. The number of hydrogen-bond acceptors (Lipinski definition) is 3. The third kappa shape index (κ3) is 5.99. The van der Waals surface area contributed by atoms with Crippen molar-refractivity contribution in [2.45, 2.75) is 33.2 Å². The monoisotopic (exact) mass is 440 g/mol. The Morgan fingerprint density at radius 1 is 1.29 bits per heavy atom. The van der Waals surface area contributed by atoms with Crippen molar-refractivity contribution in [3.8, 4) is 5.88 Å². The van der Waals surface area contributed by atoms with E-state index in [0.29, 0.717) is 30.9 Å². The maximum absolute atomic E-state index is 5.98. The molecule has 24 heavy (non-hydrogen) atoms. The average molecular weight is 440 g/mol. The number of anilines is 1. The number of aliphatic imine (C=N–C) groups is 1. The molecule has 1 heterocycles. The zero-order valence-electron chi connectivity index (χ0n) is 14.3. The fourth-order valence-corrected chi connectivity index (χ4v) is 2.14. The molecule has 0 unspecified atom stereocenters. The van der Waals surface area contributed by atoms with Gasteiger partial charge in [-0.2, -0.15) is 0 Å². The highest BCUT2D eigenvalue weighted by Gasteiger charge is 2.04. The van der Waals surface area contributed by atoms with Crippen LogP contribution in [-0.4, -0.2) is 17.6 Å². The zero-order chi connectivity index (χ0) is 16.7. The summed E-state index contributed by atoms with van der Waals surface area (Å²) >= 11 is 0. The predicted octanol–water partition coefficient (Wildman–Crippen LogP) is 4.15. The molecule has 0 radical (unpaired) electrons. The Balaban J connectivity index is 0.00000288. The van der Waals surface area contributed by atoms with E-state index in [1.807, 2.05) is 31.2 Å². The lowest BCUT2D eigenvalue weighted by Gasteiger charge is -2.10. The van der Waals surface area contributed by atoms with Crippen molar-refractivity contribution in [2.75, 3.05) is 11.9 Å². The molecule has 3 N–H and O–H groups in total. The van der Waals surface area contributed by atoms with Crippen LogP contribution in [0.5, 0.6) is 5.88 Å². The van der Waals surface area contributed by atoms with Crippen molar-refractivity contribution >= 4 is 35.6 Å². The Morgan fingerprint density at radius 2 is 2.08 bits per heavy atom. The highest BCUT2D eigenvalue weighted by atomic mass is 127. The molecule has 5 nitrogen and oxygen atoms in total. The van der Waals surface area contributed by atoms with Crippen molar-refractivity contribution < 1.29 is 4.74 Å². The SMILES string of the molecule is CCOc1ncccc1CN=C(N)Nc1cccc(C(C)C)c1.I. The van der Waals surface area contributed by atoms with Gasteiger partial charge in [0, 0.05) is 17.4 Å². The quantitative estimate of drug-likeness (QED) is 0.402. The van der Waals surface area contributed by atoms with Crippen LogP contribution in [0.4, 0.5) is 5.69 Å². The van der Waals surface area contributed by atoms with Crippen molar-refractivity contribution in [3.05, 3.63) is 53.7 Å². The van der Waals surface area contributed by atoms with Gasteiger partial charge in [0.1, 0.15) is 0 Å². The summed E-state index contributed by atoms with van der Waals surface area (Å²) in [6.07, 6.45) is 1.71. The summed E-state index contributed by atoms with van der Waals surface area (Å²) in [5.41, 5.74) is 9.09. The van der Waals surface area contributed by atoms with Gasteiger partial charge in [0.2, 0.25) is 5.88 Å². The lowest BCUT2D eigenvalue weighted by molar-refractivity contribution is 0.323. The van der Waals surface area contributed by atoms with Crippen LogP contribution in [0.3, 0.4) is 0 Å². The fourth-order valence-electron chi connectivity index (χ4n) is 2.14. The van der Waals surface area contributed by atoms with Crippen LogP contribution in [0, 0.1) is 0 Å². The second-order valence-electron chi connectivity index (χ2n) is 5.51. The van der Waals surface area contributed by atoms with Crippen LogP contribution in [-0.2, 0) is 6.54 Å². The first-order valence-corrected chi connectivity index (χ1v) is 7.83. The van der Waals surface area contributed by atoms with E-state index in [2.05, 4.69) is 41.3 Å². The van der Waals surface area contributed by atoms with Gasteiger partial charge in [-0.3, -0.25) is 0 Å². The largest absolute Gasteiger partial charge is 0.478 e. The van der Waals surface area contributed by atoms with Crippen molar-refractivity contribution in [3.63, 3.8) is 0 Å². The van der Waals surface area contributed by atoms with E-state index < -0.39 is 0 Å². The highest BCUT2D eigenvalue weighted by Crippen LogP contribution is 2.19. The Morgan fingerprint density at radius 3 is 2.79 bits per heavy atom. The van der Waals surface area contributed by atoms with Crippen LogP contribution in [0.2, 0.25) is 0 Å². The summed E-state index contributed by atoms with van der Waals surface area (Å²) in [4.78, 5) is 8.58. The molecule has 0 saturated carbocycles. The molecule has 0 fully saturated rings.